The third kappa shape index (κ3) is 3.39. The minimum atomic E-state index is 0.793. The Labute approximate surface area is 133 Å². The van der Waals surface area contributed by atoms with Crippen LogP contribution in [0.3, 0.4) is 0 Å². The largest absolute Gasteiger partial charge is 0.354 e. The number of rotatable bonds is 2. The van der Waals surface area contributed by atoms with E-state index >= 15 is 0 Å². The number of aryl methyl sites for hydroxylation is 1. The van der Waals surface area contributed by atoms with Gasteiger partial charge in [-0.15, -0.1) is 0 Å². The number of piperazine rings is 1. The Morgan fingerprint density at radius 3 is 2.52 bits per heavy atom. The minimum absolute atomic E-state index is 0.793. The van der Waals surface area contributed by atoms with E-state index in [1.165, 1.54) is 0 Å². The molecule has 3 heterocycles. The van der Waals surface area contributed by atoms with Crippen molar-refractivity contribution in [1.82, 2.24) is 19.9 Å². The monoisotopic (exact) mass is 347 g/mol. The van der Waals surface area contributed by atoms with Gasteiger partial charge in [-0.05, 0) is 36.0 Å². The molecule has 2 aromatic rings. The van der Waals surface area contributed by atoms with Crippen molar-refractivity contribution in [3.05, 3.63) is 34.8 Å². The number of hydrogen-bond donors (Lipinski definition) is 0. The van der Waals surface area contributed by atoms with Crippen LogP contribution in [0.2, 0.25) is 0 Å². The number of nitrogens with zero attached hydrogens (tertiary/aromatic N) is 5. The molecule has 1 saturated heterocycles. The summed E-state index contributed by atoms with van der Waals surface area (Å²) in [6, 6.07) is 4.09. The molecular weight excluding hydrogens is 330 g/mol. The van der Waals surface area contributed by atoms with Crippen molar-refractivity contribution in [2.75, 3.05) is 38.1 Å². The van der Waals surface area contributed by atoms with Crippen molar-refractivity contribution >= 4 is 21.7 Å². The van der Waals surface area contributed by atoms with Gasteiger partial charge < -0.3 is 9.80 Å². The normalized spacial score (nSPS) is 16.2. The van der Waals surface area contributed by atoms with Gasteiger partial charge in [0.15, 0.2) is 0 Å². The molecule has 6 heteroatoms. The van der Waals surface area contributed by atoms with E-state index in [0.717, 1.165) is 53.6 Å². The Morgan fingerprint density at radius 1 is 1.05 bits per heavy atom. The molecule has 0 unspecified atom stereocenters. The maximum Gasteiger partial charge on any atom is 0.132 e. The standard InChI is InChI=1S/C15H18BrN5/c1-11-18-14(12-7-13(16)10-17-9-12)8-15(19-11)21-5-3-20(2)4-6-21/h7-10H,3-6H2,1-2H3. The van der Waals surface area contributed by atoms with E-state index in [2.05, 4.69) is 53.8 Å². The summed E-state index contributed by atoms with van der Waals surface area (Å²) in [5.41, 5.74) is 1.93. The van der Waals surface area contributed by atoms with E-state index < -0.39 is 0 Å². The SMILES string of the molecule is Cc1nc(-c2cncc(Br)c2)cc(N2CCN(C)CC2)n1. The first-order valence-corrected chi connectivity index (χ1v) is 7.81. The molecule has 0 aliphatic carbocycles. The highest BCUT2D eigenvalue weighted by molar-refractivity contribution is 9.10. The summed E-state index contributed by atoms with van der Waals surface area (Å²) in [5, 5.41) is 0. The van der Waals surface area contributed by atoms with Crippen LogP contribution < -0.4 is 4.90 Å². The zero-order chi connectivity index (χ0) is 14.8. The van der Waals surface area contributed by atoms with Crippen molar-refractivity contribution in [2.45, 2.75) is 6.92 Å². The molecule has 0 aromatic carbocycles. The van der Waals surface area contributed by atoms with E-state index in [4.69, 9.17) is 0 Å². The summed E-state index contributed by atoms with van der Waals surface area (Å²) < 4.78 is 0.956. The molecule has 0 amide bonds. The average molecular weight is 348 g/mol. The lowest BCUT2D eigenvalue weighted by Gasteiger charge is -2.33. The van der Waals surface area contributed by atoms with E-state index in [-0.39, 0.29) is 0 Å². The molecule has 0 bridgehead atoms. The summed E-state index contributed by atoms with van der Waals surface area (Å²) in [6.45, 7) is 6.08. The van der Waals surface area contributed by atoms with Gasteiger partial charge in [-0.2, -0.15) is 0 Å². The van der Waals surface area contributed by atoms with Crippen LogP contribution in [0.4, 0.5) is 5.82 Å². The molecule has 0 N–H and O–H groups in total. The van der Waals surface area contributed by atoms with Gasteiger partial charge in [0.2, 0.25) is 0 Å². The molecule has 110 valence electrons. The van der Waals surface area contributed by atoms with Gasteiger partial charge in [-0.25, -0.2) is 9.97 Å². The van der Waals surface area contributed by atoms with Crippen LogP contribution in [0, 0.1) is 6.92 Å². The summed E-state index contributed by atoms with van der Waals surface area (Å²) in [7, 11) is 2.15. The minimum Gasteiger partial charge on any atom is -0.354 e. The van der Waals surface area contributed by atoms with Crippen molar-refractivity contribution in [1.29, 1.82) is 0 Å². The second-order valence-electron chi connectivity index (χ2n) is 5.34. The van der Waals surface area contributed by atoms with Crippen molar-refractivity contribution in [3.63, 3.8) is 0 Å². The average Bonchev–Trinajstić information content (AvgIpc) is 2.47. The van der Waals surface area contributed by atoms with E-state index in [1.807, 2.05) is 19.2 Å². The maximum atomic E-state index is 4.59. The van der Waals surface area contributed by atoms with Crippen LogP contribution in [0.5, 0.6) is 0 Å². The lowest BCUT2D eigenvalue weighted by atomic mass is 10.2. The Kier molecular flexibility index (Phi) is 4.17. The number of anilines is 1. The summed E-state index contributed by atoms with van der Waals surface area (Å²) in [6.07, 6.45) is 3.61. The lowest BCUT2D eigenvalue weighted by Crippen LogP contribution is -2.44. The fraction of sp³-hybridized carbons (Fsp3) is 0.400. The highest BCUT2D eigenvalue weighted by Gasteiger charge is 2.17. The Bertz CT molecular complexity index is 638. The second-order valence-corrected chi connectivity index (χ2v) is 6.26. The lowest BCUT2D eigenvalue weighted by molar-refractivity contribution is 0.312. The molecule has 0 spiro atoms. The molecule has 21 heavy (non-hydrogen) atoms. The van der Waals surface area contributed by atoms with Crippen LogP contribution in [0.1, 0.15) is 5.82 Å². The van der Waals surface area contributed by atoms with Gasteiger partial charge in [0, 0.05) is 54.7 Å². The second kappa shape index (κ2) is 6.07. The van der Waals surface area contributed by atoms with E-state index in [9.17, 15) is 0 Å². The molecule has 0 radical (unpaired) electrons. The number of likely N-dealkylation sites (N-methyl/N-ethyl adjacent to an activating group) is 1. The Morgan fingerprint density at radius 2 is 1.81 bits per heavy atom. The van der Waals surface area contributed by atoms with Crippen LogP contribution in [0.15, 0.2) is 29.0 Å². The van der Waals surface area contributed by atoms with Gasteiger partial charge in [-0.3, -0.25) is 4.98 Å². The fourth-order valence-electron chi connectivity index (χ4n) is 2.45. The zero-order valence-corrected chi connectivity index (χ0v) is 13.8. The van der Waals surface area contributed by atoms with Gasteiger partial charge >= 0.3 is 0 Å². The van der Waals surface area contributed by atoms with Crippen LogP contribution in [0.25, 0.3) is 11.3 Å². The molecule has 1 aliphatic rings. The van der Waals surface area contributed by atoms with Crippen molar-refractivity contribution in [3.8, 4) is 11.3 Å². The predicted octanol–water partition coefficient (Wildman–Crippen LogP) is 2.36. The predicted molar refractivity (Wildman–Crippen MR) is 87.4 cm³/mol. The molecule has 2 aromatic heterocycles. The smallest absolute Gasteiger partial charge is 0.132 e. The first kappa shape index (κ1) is 14.4. The Hall–Kier alpha value is -1.53. The molecular formula is C15H18BrN5. The van der Waals surface area contributed by atoms with Gasteiger partial charge in [0.05, 0.1) is 5.69 Å². The first-order chi connectivity index (χ1) is 10.1. The molecule has 0 atom stereocenters. The summed E-state index contributed by atoms with van der Waals surface area (Å²) in [5.74, 6) is 1.80. The fourth-order valence-corrected chi connectivity index (χ4v) is 2.81. The molecule has 5 nitrogen and oxygen atoms in total. The van der Waals surface area contributed by atoms with Crippen LogP contribution >= 0.6 is 15.9 Å². The van der Waals surface area contributed by atoms with Gasteiger partial charge in [-0.1, -0.05) is 0 Å². The number of hydrogen-bond acceptors (Lipinski definition) is 5. The summed E-state index contributed by atoms with van der Waals surface area (Å²) >= 11 is 3.46. The van der Waals surface area contributed by atoms with E-state index in [0.29, 0.717) is 0 Å². The van der Waals surface area contributed by atoms with E-state index in [1.54, 1.807) is 6.20 Å². The number of aromatic nitrogens is 3. The number of pyridine rings is 1. The van der Waals surface area contributed by atoms with Gasteiger partial charge in [0.1, 0.15) is 11.6 Å². The highest BCUT2D eigenvalue weighted by atomic mass is 79.9. The van der Waals surface area contributed by atoms with Crippen LogP contribution in [-0.4, -0.2) is 53.1 Å². The third-order valence-electron chi connectivity index (χ3n) is 3.65. The zero-order valence-electron chi connectivity index (χ0n) is 12.3. The molecule has 3 rings (SSSR count). The van der Waals surface area contributed by atoms with Crippen molar-refractivity contribution in [2.24, 2.45) is 0 Å². The topological polar surface area (TPSA) is 45.2 Å². The third-order valence-corrected chi connectivity index (χ3v) is 4.09. The quantitative estimate of drug-likeness (QED) is 0.834. The van der Waals surface area contributed by atoms with Crippen LogP contribution in [-0.2, 0) is 0 Å². The molecule has 1 fully saturated rings. The number of halogens is 1. The molecule has 1 aliphatic heterocycles. The highest BCUT2D eigenvalue weighted by Crippen LogP contribution is 2.24. The molecule has 0 saturated carbocycles. The maximum absolute atomic E-state index is 4.59. The summed E-state index contributed by atoms with van der Waals surface area (Å²) in [4.78, 5) is 18.0. The van der Waals surface area contributed by atoms with Crippen molar-refractivity contribution < 1.29 is 0 Å². The first-order valence-electron chi connectivity index (χ1n) is 7.02. The van der Waals surface area contributed by atoms with Gasteiger partial charge in [0.25, 0.3) is 0 Å². The Balaban J connectivity index is 1.93.